The van der Waals surface area contributed by atoms with E-state index in [4.69, 9.17) is 17.3 Å². The third-order valence-corrected chi connectivity index (χ3v) is 4.79. The summed E-state index contributed by atoms with van der Waals surface area (Å²) in [6, 6.07) is 7.70. The number of hydrogen-bond acceptors (Lipinski definition) is 4. The highest BCUT2D eigenvalue weighted by Crippen LogP contribution is 2.26. The van der Waals surface area contributed by atoms with Gasteiger partial charge in [0, 0.05) is 11.6 Å². The molecule has 1 atom stereocenters. The number of likely N-dealkylation sites (N-methyl/N-ethyl adjacent to an activating group) is 1. The molecule has 0 saturated carbocycles. The van der Waals surface area contributed by atoms with E-state index in [1.165, 1.54) is 11.8 Å². The van der Waals surface area contributed by atoms with Crippen LogP contribution in [-0.4, -0.2) is 47.9 Å². The van der Waals surface area contributed by atoms with E-state index >= 15 is 0 Å². The number of nitrogens with two attached hydrogens (primary N) is 1. The summed E-state index contributed by atoms with van der Waals surface area (Å²) < 4.78 is 0. The fourth-order valence-corrected chi connectivity index (χ4v) is 3.20. The van der Waals surface area contributed by atoms with Crippen molar-refractivity contribution in [2.45, 2.75) is 19.9 Å². The third-order valence-electron chi connectivity index (χ3n) is 3.49. The Kier molecular flexibility index (Phi) is 9.06. The second-order valence-electron chi connectivity index (χ2n) is 5.02. The SMILES string of the molecule is CCN(CC)C(CNC(=O)CSCC(N)=O)c1ccccc1Cl. The summed E-state index contributed by atoms with van der Waals surface area (Å²) in [5, 5.41) is 3.62. The summed E-state index contributed by atoms with van der Waals surface area (Å²) in [5.41, 5.74) is 6.06. The molecule has 1 rings (SSSR count). The molecule has 1 aromatic carbocycles. The summed E-state index contributed by atoms with van der Waals surface area (Å²) in [5.74, 6) is -0.159. The predicted molar refractivity (Wildman–Crippen MR) is 96.6 cm³/mol. The van der Waals surface area contributed by atoms with Crippen molar-refractivity contribution in [2.75, 3.05) is 31.1 Å². The zero-order chi connectivity index (χ0) is 17.2. The van der Waals surface area contributed by atoms with Crippen molar-refractivity contribution in [2.24, 2.45) is 5.73 Å². The Hall–Kier alpha value is -1.24. The average molecular weight is 358 g/mol. The summed E-state index contributed by atoms with van der Waals surface area (Å²) >= 11 is 7.53. The molecule has 5 nitrogen and oxygen atoms in total. The molecule has 3 N–H and O–H groups in total. The van der Waals surface area contributed by atoms with Gasteiger partial charge in [0.25, 0.3) is 0 Å². The van der Waals surface area contributed by atoms with Gasteiger partial charge in [0.2, 0.25) is 11.8 Å². The minimum atomic E-state index is -0.417. The molecule has 2 amide bonds. The normalized spacial score (nSPS) is 12.2. The van der Waals surface area contributed by atoms with Crippen LogP contribution in [0.5, 0.6) is 0 Å². The standard InChI is InChI=1S/C16H24ClN3O2S/c1-3-20(4-2)14(12-7-5-6-8-13(12)17)9-19-16(22)11-23-10-15(18)21/h5-8,14H,3-4,9-11H2,1-2H3,(H2,18,21)(H,19,22). The third kappa shape index (κ3) is 6.81. The first-order valence-electron chi connectivity index (χ1n) is 7.60. The number of carbonyl (C=O) groups is 2. The Labute approximate surface area is 146 Å². The lowest BCUT2D eigenvalue weighted by molar-refractivity contribution is -0.118. The van der Waals surface area contributed by atoms with Crippen LogP contribution in [-0.2, 0) is 9.59 Å². The summed E-state index contributed by atoms with van der Waals surface area (Å²) in [4.78, 5) is 24.8. The maximum Gasteiger partial charge on any atom is 0.230 e. The fourth-order valence-electron chi connectivity index (χ4n) is 2.35. The number of nitrogens with one attached hydrogen (secondary N) is 1. The van der Waals surface area contributed by atoms with Gasteiger partial charge in [-0.2, -0.15) is 0 Å². The van der Waals surface area contributed by atoms with Crippen molar-refractivity contribution in [1.29, 1.82) is 0 Å². The van der Waals surface area contributed by atoms with Crippen LogP contribution < -0.4 is 11.1 Å². The molecule has 7 heteroatoms. The molecule has 1 aromatic rings. The van der Waals surface area contributed by atoms with Gasteiger partial charge in [-0.1, -0.05) is 43.6 Å². The lowest BCUT2D eigenvalue weighted by atomic mass is 10.0. The molecule has 0 aliphatic carbocycles. The lowest BCUT2D eigenvalue weighted by Crippen LogP contribution is -2.38. The van der Waals surface area contributed by atoms with Crippen molar-refractivity contribution in [3.63, 3.8) is 0 Å². The van der Waals surface area contributed by atoms with Gasteiger partial charge in [-0.05, 0) is 24.7 Å². The van der Waals surface area contributed by atoms with Gasteiger partial charge >= 0.3 is 0 Å². The summed E-state index contributed by atoms with van der Waals surface area (Å²) in [7, 11) is 0. The van der Waals surface area contributed by atoms with Gasteiger partial charge in [0.15, 0.2) is 0 Å². The van der Waals surface area contributed by atoms with Crippen LogP contribution >= 0.6 is 23.4 Å². The minimum absolute atomic E-state index is 0.0174. The second-order valence-corrected chi connectivity index (χ2v) is 6.41. The van der Waals surface area contributed by atoms with E-state index in [9.17, 15) is 9.59 Å². The molecule has 0 heterocycles. The Morgan fingerprint density at radius 1 is 1.26 bits per heavy atom. The van der Waals surface area contributed by atoms with Crippen LogP contribution in [0, 0.1) is 0 Å². The van der Waals surface area contributed by atoms with Gasteiger partial charge in [0.05, 0.1) is 17.5 Å². The molecule has 0 fully saturated rings. The van der Waals surface area contributed by atoms with E-state index in [1.54, 1.807) is 0 Å². The van der Waals surface area contributed by atoms with Crippen molar-refractivity contribution >= 4 is 35.2 Å². The zero-order valence-corrected chi connectivity index (χ0v) is 15.1. The number of carbonyl (C=O) groups excluding carboxylic acids is 2. The van der Waals surface area contributed by atoms with E-state index < -0.39 is 5.91 Å². The number of rotatable bonds is 10. The first-order chi connectivity index (χ1) is 11.0. The van der Waals surface area contributed by atoms with Crippen LogP contribution in [0.25, 0.3) is 0 Å². The topological polar surface area (TPSA) is 75.4 Å². The average Bonchev–Trinajstić information content (AvgIpc) is 2.52. The number of halogens is 1. The van der Waals surface area contributed by atoms with Gasteiger partial charge < -0.3 is 11.1 Å². The number of amides is 2. The molecule has 128 valence electrons. The van der Waals surface area contributed by atoms with Crippen LogP contribution in [0.3, 0.4) is 0 Å². The number of thioether (sulfide) groups is 1. The van der Waals surface area contributed by atoms with Gasteiger partial charge in [-0.25, -0.2) is 0 Å². The molecule has 0 aliphatic rings. The predicted octanol–water partition coefficient (Wildman–Crippen LogP) is 2.06. The number of primary amides is 1. The van der Waals surface area contributed by atoms with E-state index in [0.717, 1.165) is 18.7 Å². The molecule has 0 radical (unpaired) electrons. The van der Waals surface area contributed by atoms with E-state index in [0.29, 0.717) is 11.6 Å². The van der Waals surface area contributed by atoms with E-state index in [1.807, 2.05) is 24.3 Å². The fraction of sp³-hybridized carbons (Fsp3) is 0.500. The molecule has 1 unspecified atom stereocenters. The maximum absolute atomic E-state index is 11.9. The molecule has 0 spiro atoms. The molecule has 0 aromatic heterocycles. The Balaban J connectivity index is 2.69. The van der Waals surface area contributed by atoms with Gasteiger partial charge in [-0.3, -0.25) is 14.5 Å². The zero-order valence-electron chi connectivity index (χ0n) is 13.5. The molecular formula is C16H24ClN3O2S. The number of nitrogens with zero attached hydrogens (tertiary/aromatic N) is 1. The Morgan fingerprint density at radius 3 is 2.48 bits per heavy atom. The van der Waals surface area contributed by atoms with Crippen molar-refractivity contribution < 1.29 is 9.59 Å². The van der Waals surface area contributed by atoms with Gasteiger partial charge in [-0.15, -0.1) is 11.8 Å². The Morgan fingerprint density at radius 2 is 1.91 bits per heavy atom. The maximum atomic E-state index is 11.9. The van der Waals surface area contributed by atoms with Crippen molar-refractivity contribution in [1.82, 2.24) is 10.2 Å². The second kappa shape index (κ2) is 10.5. The monoisotopic (exact) mass is 357 g/mol. The van der Waals surface area contributed by atoms with Crippen LogP contribution in [0.2, 0.25) is 5.02 Å². The van der Waals surface area contributed by atoms with Crippen LogP contribution in [0.15, 0.2) is 24.3 Å². The van der Waals surface area contributed by atoms with E-state index in [-0.39, 0.29) is 23.5 Å². The minimum Gasteiger partial charge on any atom is -0.369 e. The summed E-state index contributed by atoms with van der Waals surface area (Å²) in [6.45, 7) is 6.36. The highest BCUT2D eigenvalue weighted by molar-refractivity contribution is 8.00. The smallest absolute Gasteiger partial charge is 0.230 e. The molecule has 0 saturated heterocycles. The van der Waals surface area contributed by atoms with Crippen LogP contribution in [0.4, 0.5) is 0 Å². The lowest BCUT2D eigenvalue weighted by Gasteiger charge is -2.30. The quantitative estimate of drug-likeness (QED) is 0.672. The largest absolute Gasteiger partial charge is 0.369 e. The first-order valence-corrected chi connectivity index (χ1v) is 9.14. The van der Waals surface area contributed by atoms with Crippen molar-refractivity contribution in [3.8, 4) is 0 Å². The van der Waals surface area contributed by atoms with Crippen molar-refractivity contribution in [3.05, 3.63) is 34.9 Å². The van der Waals surface area contributed by atoms with Gasteiger partial charge in [0.1, 0.15) is 0 Å². The molecule has 23 heavy (non-hydrogen) atoms. The molecular weight excluding hydrogens is 334 g/mol. The Bertz CT molecular complexity index is 524. The molecule has 0 aliphatic heterocycles. The highest BCUT2D eigenvalue weighted by atomic mass is 35.5. The number of benzene rings is 1. The first kappa shape index (κ1) is 19.8. The van der Waals surface area contributed by atoms with E-state index in [2.05, 4.69) is 24.1 Å². The highest BCUT2D eigenvalue weighted by Gasteiger charge is 2.20. The molecule has 0 bridgehead atoms. The van der Waals surface area contributed by atoms with Crippen LogP contribution in [0.1, 0.15) is 25.5 Å². The summed E-state index contributed by atoms with van der Waals surface area (Å²) in [6.07, 6.45) is 0. The number of hydrogen-bond donors (Lipinski definition) is 2.